The summed E-state index contributed by atoms with van der Waals surface area (Å²) in [7, 11) is -3.51. The lowest BCUT2D eigenvalue weighted by molar-refractivity contribution is -0.384. The molecule has 94 valence electrons. The van der Waals surface area contributed by atoms with Gasteiger partial charge in [0.05, 0.1) is 21.4 Å². The SMILES string of the molecule is CCCS(=O)(=O)Nc1cc([N+](=O)[O-])ccc1Cl. The number of hydrogen-bond donors (Lipinski definition) is 1. The second-order valence-corrected chi connectivity index (χ2v) is 5.59. The molecule has 1 aromatic rings. The summed E-state index contributed by atoms with van der Waals surface area (Å²) < 4.78 is 25.2. The van der Waals surface area contributed by atoms with Crippen molar-refractivity contribution in [2.75, 3.05) is 10.5 Å². The van der Waals surface area contributed by atoms with Crippen molar-refractivity contribution in [3.05, 3.63) is 33.3 Å². The van der Waals surface area contributed by atoms with Crippen LogP contribution in [-0.2, 0) is 10.0 Å². The van der Waals surface area contributed by atoms with E-state index in [1.807, 2.05) is 0 Å². The zero-order chi connectivity index (χ0) is 13.1. The lowest BCUT2D eigenvalue weighted by Crippen LogP contribution is -2.16. The van der Waals surface area contributed by atoms with Gasteiger partial charge in [-0.25, -0.2) is 8.42 Å². The number of nitro benzene ring substituents is 1. The van der Waals surface area contributed by atoms with Crippen LogP contribution in [0.2, 0.25) is 5.02 Å². The number of nitro groups is 1. The fourth-order valence-corrected chi connectivity index (χ4v) is 2.56. The molecule has 1 rings (SSSR count). The number of non-ortho nitro benzene ring substituents is 1. The van der Waals surface area contributed by atoms with Gasteiger partial charge >= 0.3 is 0 Å². The van der Waals surface area contributed by atoms with Gasteiger partial charge < -0.3 is 0 Å². The van der Waals surface area contributed by atoms with Crippen molar-refractivity contribution >= 4 is 33.0 Å². The van der Waals surface area contributed by atoms with Crippen molar-refractivity contribution in [1.29, 1.82) is 0 Å². The van der Waals surface area contributed by atoms with Crippen LogP contribution in [0.4, 0.5) is 11.4 Å². The highest BCUT2D eigenvalue weighted by molar-refractivity contribution is 7.92. The number of benzene rings is 1. The van der Waals surface area contributed by atoms with Gasteiger partial charge in [0, 0.05) is 12.1 Å². The minimum atomic E-state index is -3.51. The minimum Gasteiger partial charge on any atom is -0.282 e. The largest absolute Gasteiger partial charge is 0.282 e. The molecule has 0 aliphatic rings. The summed E-state index contributed by atoms with van der Waals surface area (Å²) >= 11 is 5.76. The van der Waals surface area contributed by atoms with E-state index in [0.717, 1.165) is 6.07 Å². The monoisotopic (exact) mass is 278 g/mol. The lowest BCUT2D eigenvalue weighted by Gasteiger charge is -2.08. The van der Waals surface area contributed by atoms with E-state index in [1.165, 1.54) is 12.1 Å². The van der Waals surface area contributed by atoms with E-state index in [9.17, 15) is 18.5 Å². The average molecular weight is 279 g/mol. The van der Waals surface area contributed by atoms with Crippen LogP contribution < -0.4 is 4.72 Å². The van der Waals surface area contributed by atoms with Crippen molar-refractivity contribution < 1.29 is 13.3 Å². The second-order valence-electron chi connectivity index (χ2n) is 3.34. The number of hydrogen-bond acceptors (Lipinski definition) is 4. The summed E-state index contributed by atoms with van der Waals surface area (Å²) in [5.41, 5.74) is -0.196. The number of halogens is 1. The minimum absolute atomic E-state index is 0.0225. The van der Waals surface area contributed by atoms with E-state index in [1.54, 1.807) is 6.92 Å². The Kier molecular flexibility index (Phi) is 4.30. The maximum atomic E-state index is 11.5. The van der Waals surface area contributed by atoms with E-state index in [-0.39, 0.29) is 22.2 Å². The molecule has 0 fully saturated rings. The molecule has 0 aliphatic heterocycles. The Morgan fingerprint density at radius 3 is 2.65 bits per heavy atom. The number of nitrogens with one attached hydrogen (secondary N) is 1. The molecule has 0 radical (unpaired) electrons. The van der Waals surface area contributed by atoms with Crippen LogP contribution in [0.3, 0.4) is 0 Å². The van der Waals surface area contributed by atoms with Crippen molar-refractivity contribution in [2.24, 2.45) is 0 Å². The Morgan fingerprint density at radius 2 is 2.12 bits per heavy atom. The topological polar surface area (TPSA) is 89.3 Å². The van der Waals surface area contributed by atoms with Crippen LogP contribution in [0, 0.1) is 10.1 Å². The first-order valence-electron chi connectivity index (χ1n) is 4.80. The Hall–Kier alpha value is -1.34. The van der Waals surface area contributed by atoms with Crippen LogP contribution in [-0.4, -0.2) is 19.1 Å². The summed E-state index contributed by atoms with van der Waals surface area (Å²) in [4.78, 5) is 9.92. The molecule has 8 heteroatoms. The molecule has 1 aromatic carbocycles. The van der Waals surface area contributed by atoms with Gasteiger partial charge in [-0.2, -0.15) is 0 Å². The Bertz CT molecular complexity index is 530. The van der Waals surface area contributed by atoms with E-state index in [0.29, 0.717) is 6.42 Å². The molecule has 0 heterocycles. The van der Waals surface area contributed by atoms with Gasteiger partial charge in [0.1, 0.15) is 0 Å². The van der Waals surface area contributed by atoms with Gasteiger partial charge in [-0.1, -0.05) is 18.5 Å². The average Bonchev–Trinajstić information content (AvgIpc) is 2.20. The lowest BCUT2D eigenvalue weighted by atomic mass is 10.3. The molecule has 0 saturated heterocycles. The number of nitrogens with zero attached hydrogens (tertiary/aromatic N) is 1. The molecule has 17 heavy (non-hydrogen) atoms. The van der Waals surface area contributed by atoms with Gasteiger partial charge in [-0.3, -0.25) is 14.8 Å². The summed E-state index contributed by atoms with van der Waals surface area (Å²) in [6.45, 7) is 1.72. The summed E-state index contributed by atoms with van der Waals surface area (Å²) in [6.07, 6.45) is 0.446. The highest BCUT2D eigenvalue weighted by Crippen LogP contribution is 2.27. The predicted molar refractivity (Wildman–Crippen MR) is 65.8 cm³/mol. The van der Waals surface area contributed by atoms with Gasteiger partial charge in [-0.15, -0.1) is 0 Å². The fourth-order valence-electron chi connectivity index (χ4n) is 1.19. The van der Waals surface area contributed by atoms with Gasteiger partial charge in [0.25, 0.3) is 5.69 Å². The number of rotatable bonds is 5. The Morgan fingerprint density at radius 1 is 1.47 bits per heavy atom. The highest BCUT2D eigenvalue weighted by Gasteiger charge is 2.14. The molecule has 0 unspecified atom stereocenters. The van der Waals surface area contributed by atoms with Gasteiger partial charge in [0.2, 0.25) is 10.0 Å². The molecule has 0 bridgehead atoms. The van der Waals surface area contributed by atoms with Crippen LogP contribution in [0.5, 0.6) is 0 Å². The third-order valence-electron chi connectivity index (χ3n) is 1.90. The van der Waals surface area contributed by atoms with Crippen LogP contribution in [0.15, 0.2) is 18.2 Å². The summed E-state index contributed by atoms with van der Waals surface area (Å²) in [6, 6.07) is 3.58. The Labute approximate surface area is 104 Å². The molecule has 0 saturated carbocycles. The maximum absolute atomic E-state index is 11.5. The van der Waals surface area contributed by atoms with Crippen LogP contribution in [0.25, 0.3) is 0 Å². The number of anilines is 1. The molecular formula is C9H11ClN2O4S. The van der Waals surface area contributed by atoms with Crippen molar-refractivity contribution in [3.8, 4) is 0 Å². The van der Waals surface area contributed by atoms with Crippen molar-refractivity contribution in [3.63, 3.8) is 0 Å². The third kappa shape index (κ3) is 3.86. The van der Waals surface area contributed by atoms with E-state index < -0.39 is 14.9 Å². The molecular weight excluding hydrogens is 268 g/mol. The summed E-state index contributed by atoms with van der Waals surface area (Å²) in [5.74, 6) is -0.0635. The van der Waals surface area contributed by atoms with Crippen LogP contribution >= 0.6 is 11.6 Å². The normalized spacial score (nSPS) is 11.2. The first-order chi connectivity index (χ1) is 7.85. The van der Waals surface area contributed by atoms with Gasteiger partial charge in [0.15, 0.2) is 0 Å². The molecule has 0 aliphatic carbocycles. The summed E-state index contributed by atoms with van der Waals surface area (Å²) in [5, 5.41) is 10.7. The van der Waals surface area contributed by atoms with E-state index in [2.05, 4.69) is 4.72 Å². The molecule has 6 nitrogen and oxygen atoms in total. The quantitative estimate of drug-likeness (QED) is 0.661. The zero-order valence-corrected chi connectivity index (χ0v) is 10.6. The molecule has 1 N–H and O–H groups in total. The van der Waals surface area contributed by atoms with Crippen molar-refractivity contribution in [1.82, 2.24) is 0 Å². The molecule has 0 spiro atoms. The Balaban J connectivity index is 3.06. The predicted octanol–water partition coefficient (Wildman–Crippen LogP) is 2.40. The van der Waals surface area contributed by atoms with E-state index in [4.69, 9.17) is 11.6 Å². The van der Waals surface area contributed by atoms with Gasteiger partial charge in [-0.05, 0) is 12.5 Å². The molecule has 0 atom stereocenters. The van der Waals surface area contributed by atoms with E-state index >= 15 is 0 Å². The zero-order valence-electron chi connectivity index (χ0n) is 9.01. The third-order valence-corrected chi connectivity index (χ3v) is 3.71. The van der Waals surface area contributed by atoms with Crippen LogP contribution in [0.1, 0.15) is 13.3 Å². The second kappa shape index (κ2) is 5.33. The first-order valence-corrected chi connectivity index (χ1v) is 6.83. The standard InChI is InChI=1S/C9H11ClN2O4S/c1-2-5-17(15,16)11-9-6-7(12(13)14)3-4-8(9)10/h3-4,6,11H,2,5H2,1H3. The molecule has 0 aromatic heterocycles. The maximum Gasteiger partial charge on any atom is 0.271 e. The fraction of sp³-hybridized carbons (Fsp3) is 0.333. The highest BCUT2D eigenvalue weighted by atomic mass is 35.5. The smallest absolute Gasteiger partial charge is 0.271 e. The van der Waals surface area contributed by atoms with Crippen molar-refractivity contribution in [2.45, 2.75) is 13.3 Å². The number of sulfonamides is 1. The molecule has 0 amide bonds. The first kappa shape index (κ1) is 13.7.